The number of carboxylic acids is 1. The monoisotopic (exact) mass is 1000 g/mol. The largest absolute Gasteiger partial charge is 0.545 e. The Bertz CT molecular complexity index is 1540. The Morgan fingerprint density at radius 3 is 1.19 bits per heavy atom. The average Bonchev–Trinajstić information content (AvgIpc) is 3.35. The molecule has 0 heterocycles. The smallest absolute Gasteiger partial charge is 0.306 e. The first-order valence-electron chi connectivity index (χ1n) is 28.5. The highest BCUT2D eigenvalue weighted by Crippen LogP contribution is 2.14. The molecule has 0 aromatic carbocycles. The van der Waals surface area contributed by atoms with Crippen molar-refractivity contribution in [2.45, 2.75) is 225 Å². The summed E-state index contributed by atoms with van der Waals surface area (Å²) in [5, 5.41) is 11.8. The summed E-state index contributed by atoms with van der Waals surface area (Å²) in [5.74, 6) is -2.32. The Morgan fingerprint density at radius 2 is 0.792 bits per heavy atom. The minimum Gasteiger partial charge on any atom is -0.545 e. The molecule has 0 aromatic rings. The van der Waals surface area contributed by atoms with E-state index < -0.39 is 24.3 Å². The van der Waals surface area contributed by atoms with Crippen molar-refractivity contribution in [2.24, 2.45) is 0 Å². The zero-order valence-corrected chi connectivity index (χ0v) is 46.5. The second-order valence-corrected chi connectivity index (χ2v) is 19.8. The van der Waals surface area contributed by atoms with E-state index in [0.29, 0.717) is 17.4 Å². The van der Waals surface area contributed by atoms with Gasteiger partial charge in [-0.3, -0.25) is 9.59 Å². The van der Waals surface area contributed by atoms with E-state index in [2.05, 4.69) is 123 Å². The molecule has 0 aliphatic heterocycles. The van der Waals surface area contributed by atoms with Crippen LogP contribution in [0.1, 0.15) is 213 Å². The average molecular weight is 1000 g/mol. The topological polar surface area (TPSA) is 111 Å². The van der Waals surface area contributed by atoms with Gasteiger partial charge >= 0.3 is 11.9 Å². The van der Waals surface area contributed by atoms with Crippen molar-refractivity contribution in [3.63, 3.8) is 0 Å². The third-order valence-electron chi connectivity index (χ3n) is 11.8. The highest BCUT2D eigenvalue weighted by atomic mass is 16.7. The van der Waals surface area contributed by atoms with Gasteiger partial charge in [0.25, 0.3) is 0 Å². The Balaban J connectivity index is 4.25. The van der Waals surface area contributed by atoms with E-state index in [1.165, 1.54) is 64.2 Å². The van der Waals surface area contributed by atoms with Gasteiger partial charge < -0.3 is 33.3 Å². The molecule has 9 heteroatoms. The number of aliphatic carboxylic acids is 1. The number of ether oxygens (including phenoxy) is 4. The number of esters is 2. The van der Waals surface area contributed by atoms with Crippen molar-refractivity contribution in [1.29, 1.82) is 0 Å². The van der Waals surface area contributed by atoms with E-state index in [4.69, 9.17) is 18.9 Å². The van der Waals surface area contributed by atoms with Gasteiger partial charge in [-0.2, -0.15) is 0 Å². The van der Waals surface area contributed by atoms with E-state index in [-0.39, 0.29) is 38.6 Å². The first kappa shape index (κ1) is 68.0. The van der Waals surface area contributed by atoms with Crippen LogP contribution in [-0.2, 0) is 33.3 Å². The molecule has 410 valence electrons. The molecule has 9 nitrogen and oxygen atoms in total. The number of nitrogens with zero attached hydrogens (tertiary/aromatic N) is 1. The molecule has 0 N–H and O–H groups in total. The number of carbonyl (C=O) groups is 3. The van der Waals surface area contributed by atoms with Crippen LogP contribution < -0.4 is 5.11 Å². The number of rotatable bonds is 51. The molecule has 0 radical (unpaired) electrons. The lowest BCUT2D eigenvalue weighted by Crippen LogP contribution is -2.44. The molecule has 0 fully saturated rings. The third kappa shape index (κ3) is 53.7. The lowest BCUT2D eigenvalue weighted by atomic mass is 10.1. The molecular formula is C63H105NO8. The van der Waals surface area contributed by atoms with E-state index in [1.54, 1.807) is 0 Å². The molecule has 0 aliphatic carbocycles. The number of carboxylic acid groups (broad SMARTS) is 1. The normalized spacial score (nSPS) is 13.6. The molecule has 72 heavy (non-hydrogen) atoms. The van der Waals surface area contributed by atoms with E-state index >= 15 is 0 Å². The number of likely N-dealkylation sites (N-methyl/N-ethyl adjacent to an activating group) is 1. The number of allylic oxidation sites excluding steroid dienone is 18. The number of quaternary nitrogens is 1. The lowest BCUT2D eigenvalue weighted by Gasteiger charge is -2.26. The molecule has 0 amide bonds. The maximum atomic E-state index is 12.8. The van der Waals surface area contributed by atoms with Crippen LogP contribution in [0.3, 0.4) is 0 Å². The summed E-state index contributed by atoms with van der Waals surface area (Å²) in [7, 11) is 5.90. The van der Waals surface area contributed by atoms with Crippen molar-refractivity contribution < 1.29 is 42.9 Å². The van der Waals surface area contributed by atoms with Crippen LogP contribution >= 0.6 is 0 Å². The molecule has 0 aromatic heterocycles. The molecule has 0 rings (SSSR count). The van der Waals surface area contributed by atoms with Crippen LogP contribution in [0.5, 0.6) is 0 Å². The minimum atomic E-state index is -1.63. The standard InChI is InChI=1S/C63H105NO8/c1-6-8-10-12-14-16-18-20-22-23-24-25-26-27-28-29-30-31-32-33-34-35-36-37-38-39-40-42-44-46-48-50-52-54-61(66)72-59(58-71-63(62(67)68)69-56-55-64(3,4)5)57-70-60(65)53-51-49-47-45-43-41-21-19-17-15-13-11-9-7-2/h8,10,14,16,19-22,24-25,27-28,30-31,33-34,36-37,59,63H,6-7,9,11-13,15,17-18,23,26,29,32,35,38-58H2,1-5H3/b10-8-,16-14-,21-19-,22-20-,25-24-,28-27-,31-30-,34-33-,37-36-. The second-order valence-electron chi connectivity index (χ2n) is 19.8. The van der Waals surface area contributed by atoms with Crippen LogP contribution in [0.15, 0.2) is 109 Å². The summed E-state index contributed by atoms with van der Waals surface area (Å²) in [6, 6.07) is 0. The SMILES string of the molecule is CC/C=C\C/C=C\C/C=C\C/C=C\C/C=C\C/C=C\C/C=C\C/C=C\CCCCCCCCCCC(=O)OC(COC(=O)CCCCCCC/C=C\CCCCCCC)COC(OCC[N+](C)(C)C)C(=O)[O-]. The summed E-state index contributed by atoms with van der Waals surface area (Å²) >= 11 is 0. The molecule has 2 atom stereocenters. The van der Waals surface area contributed by atoms with Crippen LogP contribution in [0, 0.1) is 0 Å². The highest BCUT2D eigenvalue weighted by molar-refractivity contribution is 5.70. The summed E-state index contributed by atoms with van der Waals surface area (Å²) in [6.07, 6.45) is 69.9. The van der Waals surface area contributed by atoms with Gasteiger partial charge in [-0.25, -0.2) is 0 Å². The lowest BCUT2D eigenvalue weighted by molar-refractivity contribution is -0.870. The first-order valence-corrected chi connectivity index (χ1v) is 28.5. The number of carbonyl (C=O) groups excluding carboxylic acids is 3. The predicted octanol–water partition coefficient (Wildman–Crippen LogP) is 15.4. The molecule has 2 unspecified atom stereocenters. The Kier molecular flexibility index (Phi) is 50.3. The minimum absolute atomic E-state index is 0.139. The Morgan fingerprint density at radius 1 is 0.431 bits per heavy atom. The highest BCUT2D eigenvalue weighted by Gasteiger charge is 2.22. The fourth-order valence-electron chi connectivity index (χ4n) is 7.37. The van der Waals surface area contributed by atoms with Gasteiger partial charge in [-0.05, 0) is 103 Å². The van der Waals surface area contributed by atoms with E-state index in [0.717, 1.165) is 116 Å². The van der Waals surface area contributed by atoms with Crippen molar-refractivity contribution in [2.75, 3.05) is 47.5 Å². The quantitative estimate of drug-likeness (QED) is 0.0195. The molecule has 0 saturated carbocycles. The van der Waals surface area contributed by atoms with Crippen molar-refractivity contribution >= 4 is 17.9 Å². The van der Waals surface area contributed by atoms with Crippen LogP contribution in [-0.4, -0.2) is 82.3 Å². The van der Waals surface area contributed by atoms with E-state index in [1.807, 2.05) is 21.1 Å². The molecule has 0 bridgehead atoms. The fraction of sp³-hybridized carbons (Fsp3) is 0.667. The molecule has 0 aliphatic rings. The van der Waals surface area contributed by atoms with Crippen LogP contribution in [0.2, 0.25) is 0 Å². The zero-order chi connectivity index (χ0) is 52.7. The Hall–Kier alpha value is -4.05. The van der Waals surface area contributed by atoms with Crippen LogP contribution in [0.25, 0.3) is 0 Å². The summed E-state index contributed by atoms with van der Waals surface area (Å²) in [5.41, 5.74) is 0. The maximum absolute atomic E-state index is 12.8. The predicted molar refractivity (Wildman–Crippen MR) is 301 cm³/mol. The Labute approximate surface area is 441 Å². The molecular weight excluding hydrogens is 899 g/mol. The molecule has 0 spiro atoms. The zero-order valence-electron chi connectivity index (χ0n) is 46.5. The van der Waals surface area contributed by atoms with Gasteiger partial charge in [0.1, 0.15) is 13.2 Å². The maximum Gasteiger partial charge on any atom is 0.306 e. The second kappa shape index (κ2) is 53.2. The fourth-order valence-corrected chi connectivity index (χ4v) is 7.37. The van der Waals surface area contributed by atoms with Gasteiger partial charge in [0, 0.05) is 12.8 Å². The third-order valence-corrected chi connectivity index (χ3v) is 11.8. The summed E-state index contributed by atoms with van der Waals surface area (Å²) in [4.78, 5) is 37.2. The summed E-state index contributed by atoms with van der Waals surface area (Å²) in [6.45, 7) is 4.59. The van der Waals surface area contributed by atoms with Gasteiger partial charge in [0.2, 0.25) is 0 Å². The number of unbranched alkanes of at least 4 members (excludes halogenated alkanes) is 18. The van der Waals surface area contributed by atoms with Crippen molar-refractivity contribution in [3.8, 4) is 0 Å². The summed E-state index contributed by atoms with van der Waals surface area (Å²) < 4.78 is 22.6. The van der Waals surface area contributed by atoms with Gasteiger partial charge in [0.05, 0.1) is 40.3 Å². The van der Waals surface area contributed by atoms with Gasteiger partial charge in [-0.1, -0.05) is 207 Å². The van der Waals surface area contributed by atoms with Crippen molar-refractivity contribution in [1.82, 2.24) is 0 Å². The van der Waals surface area contributed by atoms with Crippen LogP contribution in [0.4, 0.5) is 0 Å². The number of hydrogen-bond donors (Lipinski definition) is 0. The molecule has 0 saturated heterocycles. The number of hydrogen-bond acceptors (Lipinski definition) is 8. The first-order chi connectivity index (χ1) is 35.1. The van der Waals surface area contributed by atoms with Gasteiger partial charge in [0.15, 0.2) is 12.4 Å². The van der Waals surface area contributed by atoms with Crippen molar-refractivity contribution in [3.05, 3.63) is 109 Å². The van der Waals surface area contributed by atoms with Gasteiger partial charge in [-0.15, -0.1) is 0 Å². The van der Waals surface area contributed by atoms with E-state index in [9.17, 15) is 19.5 Å².